The molecule has 4 nitrogen and oxygen atoms in total. The minimum atomic E-state index is 0. The van der Waals surface area contributed by atoms with Gasteiger partial charge in [0, 0.05) is 24.5 Å². The van der Waals surface area contributed by atoms with Crippen LogP contribution in [0, 0.1) is 0 Å². The van der Waals surface area contributed by atoms with Crippen LogP contribution in [0.2, 0.25) is 4.34 Å². The molecule has 0 radical (unpaired) electrons. The Labute approximate surface area is 154 Å². The number of piperidine rings is 1. The predicted octanol–water partition coefficient (Wildman–Crippen LogP) is 3.93. The van der Waals surface area contributed by atoms with E-state index in [1.165, 1.54) is 22.7 Å². The van der Waals surface area contributed by atoms with Gasteiger partial charge < -0.3 is 10.6 Å². The van der Waals surface area contributed by atoms with Crippen LogP contribution < -0.4 is 5.73 Å². The van der Waals surface area contributed by atoms with E-state index in [0.717, 1.165) is 40.2 Å². The molecule has 0 aromatic carbocycles. The van der Waals surface area contributed by atoms with E-state index < -0.39 is 0 Å². The molecule has 0 unspecified atom stereocenters. The fourth-order valence-electron chi connectivity index (χ4n) is 2.18. The molecule has 22 heavy (non-hydrogen) atoms. The number of carbonyl (C=O) groups excluding carboxylic acids is 1. The van der Waals surface area contributed by atoms with E-state index in [1.807, 2.05) is 22.4 Å². The zero-order chi connectivity index (χ0) is 14.1. The minimum Gasteiger partial charge on any atom is -0.337 e. The number of likely N-dealkylation sites (tertiary alicyclic amines) is 1. The zero-order valence-electron chi connectivity index (χ0n) is 11.5. The smallest absolute Gasteiger partial charge is 0.273 e. The summed E-state index contributed by atoms with van der Waals surface area (Å²) in [6, 6.07) is 3.99. The lowest BCUT2D eigenvalue weighted by Crippen LogP contribution is -2.42. The largest absolute Gasteiger partial charge is 0.337 e. The van der Waals surface area contributed by atoms with Crippen molar-refractivity contribution in [3.05, 3.63) is 27.5 Å². The van der Waals surface area contributed by atoms with E-state index in [0.29, 0.717) is 5.69 Å². The van der Waals surface area contributed by atoms with Gasteiger partial charge in [-0.25, -0.2) is 4.98 Å². The summed E-state index contributed by atoms with van der Waals surface area (Å²) in [5, 5.41) is 2.67. The van der Waals surface area contributed by atoms with Crippen molar-refractivity contribution in [3.8, 4) is 9.88 Å². The van der Waals surface area contributed by atoms with Crippen molar-refractivity contribution in [3.63, 3.8) is 0 Å². The van der Waals surface area contributed by atoms with Crippen molar-refractivity contribution in [1.82, 2.24) is 9.88 Å². The molecule has 0 saturated carbocycles. The molecule has 1 aliphatic heterocycles. The molecule has 0 bridgehead atoms. The average molecular weight is 401 g/mol. The quantitative estimate of drug-likeness (QED) is 0.831. The lowest BCUT2D eigenvalue weighted by Gasteiger charge is -2.29. The monoisotopic (exact) mass is 399 g/mol. The van der Waals surface area contributed by atoms with Gasteiger partial charge in [0.2, 0.25) is 0 Å². The first-order valence-electron chi connectivity index (χ1n) is 6.39. The maximum atomic E-state index is 12.4. The highest BCUT2D eigenvalue weighted by atomic mass is 35.5. The molecule has 3 rings (SSSR count). The predicted molar refractivity (Wildman–Crippen MR) is 98.0 cm³/mol. The average Bonchev–Trinajstić information content (AvgIpc) is 3.07. The van der Waals surface area contributed by atoms with Crippen LogP contribution in [0.15, 0.2) is 17.5 Å². The molecule has 0 spiro atoms. The zero-order valence-corrected chi connectivity index (χ0v) is 15.6. The Morgan fingerprint density at radius 3 is 2.59 bits per heavy atom. The number of hydrogen-bond donors (Lipinski definition) is 1. The summed E-state index contributed by atoms with van der Waals surface area (Å²) >= 11 is 8.87. The van der Waals surface area contributed by atoms with Crippen molar-refractivity contribution in [2.45, 2.75) is 18.9 Å². The molecule has 1 aliphatic rings. The third kappa shape index (κ3) is 4.34. The van der Waals surface area contributed by atoms with Gasteiger partial charge in [-0.1, -0.05) is 11.6 Å². The number of aromatic nitrogens is 1. The van der Waals surface area contributed by atoms with Crippen LogP contribution in [0.3, 0.4) is 0 Å². The first kappa shape index (κ1) is 19.7. The Morgan fingerprint density at radius 1 is 1.32 bits per heavy atom. The molecule has 3 heterocycles. The second kappa shape index (κ2) is 8.47. The van der Waals surface area contributed by atoms with Gasteiger partial charge in [-0.05, 0) is 25.0 Å². The Hall–Kier alpha value is -0.370. The third-order valence-electron chi connectivity index (χ3n) is 3.33. The normalized spacial score (nSPS) is 15.1. The number of nitrogens with two attached hydrogens (primary N) is 1. The molecular formula is C13H16Cl3N3OS2. The van der Waals surface area contributed by atoms with E-state index in [1.54, 1.807) is 0 Å². The van der Waals surface area contributed by atoms with E-state index in [9.17, 15) is 4.79 Å². The van der Waals surface area contributed by atoms with Gasteiger partial charge in [-0.15, -0.1) is 47.5 Å². The molecule has 122 valence electrons. The third-order valence-corrected chi connectivity index (χ3v) is 5.58. The molecule has 9 heteroatoms. The first-order valence-corrected chi connectivity index (χ1v) is 8.47. The molecule has 1 fully saturated rings. The van der Waals surface area contributed by atoms with Gasteiger partial charge in [0.15, 0.2) is 0 Å². The molecule has 2 aromatic heterocycles. The fourth-order valence-corrected chi connectivity index (χ4v) is 4.09. The van der Waals surface area contributed by atoms with Crippen LogP contribution in [0.5, 0.6) is 0 Å². The summed E-state index contributed by atoms with van der Waals surface area (Å²) in [5.74, 6) is 0.00190. The van der Waals surface area contributed by atoms with Crippen LogP contribution in [0.1, 0.15) is 23.3 Å². The summed E-state index contributed by atoms with van der Waals surface area (Å²) < 4.78 is 0.730. The van der Waals surface area contributed by atoms with Crippen LogP contribution in [-0.2, 0) is 0 Å². The van der Waals surface area contributed by atoms with Crippen LogP contribution in [0.4, 0.5) is 0 Å². The van der Waals surface area contributed by atoms with Crippen molar-refractivity contribution in [2.75, 3.05) is 13.1 Å². The maximum Gasteiger partial charge on any atom is 0.273 e. The van der Waals surface area contributed by atoms with Crippen molar-refractivity contribution >= 4 is 65.0 Å². The van der Waals surface area contributed by atoms with Crippen LogP contribution in [-0.4, -0.2) is 34.9 Å². The number of hydrogen-bond acceptors (Lipinski definition) is 5. The van der Waals surface area contributed by atoms with Crippen molar-refractivity contribution < 1.29 is 4.79 Å². The lowest BCUT2D eigenvalue weighted by molar-refractivity contribution is 0.0709. The number of amides is 1. The maximum absolute atomic E-state index is 12.4. The minimum absolute atomic E-state index is 0. The Kier molecular flexibility index (Phi) is 7.58. The lowest BCUT2D eigenvalue weighted by atomic mass is 10.1. The summed E-state index contributed by atoms with van der Waals surface area (Å²) in [6.45, 7) is 1.44. The first-order chi connectivity index (χ1) is 9.63. The molecule has 1 saturated heterocycles. The summed E-state index contributed by atoms with van der Waals surface area (Å²) in [7, 11) is 0. The summed E-state index contributed by atoms with van der Waals surface area (Å²) in [6.07, 6.45) is 1.73. The number of nitrogens with zero attached hydrogens (tertiary/aromatic N) is 2. The van der Waals surface area contributed by atoms with E-state index in [4.69, 9.17) is 17.3 Å². The van der Waals surface area contributed by atoms with Crippen molar-refractivity contribution in [2.24, 2.45) is 5.73 Å². The van der Waals surface area contributed by atoms with Crippen LogP contribution in [0.25, 0.3) is 9.88 Å². The number of thiazole rings is 1. The molecule has 1 amide bonds. The standard InChI is InChI=1S/C13H14ClN3OS2.2ClH/c14-11-2-1-10(20-11)12-16-9(7-19-12)13(18)17-5-3-8(15)4-6-17;;/h1-2,7-8H,3-6,15H2;2*1H. The molecule has 2 aromatic rings. The SMILES string of the molecule is Cl.Cl.NC1CCN(C(=O)c2csc(-c3ccc(Cl)s3)n2)CC1. The van der Waals surface area contributed by atoms with E-state index in [2.05, 4.69) is 4.98 Å². The number of rotatable bonds is 2. The molecule has 0 aliphatic carbocycles. The van der Waals surface area contributed by atoms with Gasteiger partial charge in [-0.2, -0.15) is 0 Å². The van der Waals surface area contributed by atoms with Crippen LogP contribution >= 0.6 is 59.1 Å². The highest BCUT2D eigenvalue weighted by Crippen LogP contribution is 2.33. The van der Waals surface area contributed by atoms with E-state index in [-0.39, 0.29) is 36.8 Å². The number of halogens is 3. The van der Waals surface area contributed by atoms with Gasteiger partial charge >= 0.3 is 0 Å². The van der Waals surface area contributed by atoms with Gasteiger partial charge in [0.1, 0.15) is 10.7 Å². The van der Waals surface area contributed by atoms with E-state index >= 15 is 0 Å². The second-order valence-corrected chi connectivity index (χ2v) is 7.34. The topological polar surface area (TPSA) is 59.2 Å². The Morgan fingerprint density at radius 2 is 2.00 bits per heavy atom. The van der Waals surface area contributed by atoms with Gasteiger partial charge in [-0.3, -0.25) is 4.79 Å². The van der Waals surface area contributed by atoms with Gasteiger partial charge in [0.05, 0.1) is 9.21 Å². The second-order valence-electron chi connectivity index (χ2n) is 4.77. The Bertz CT molecular complexity index is 624. The number of thiophene rings is 1. The fraction of sp³-hybridized carbons (Fsp3) is 0.385. The van der Waals surface area contributed by atoms with Crippen molar-refractivity contribution in [1.29, 1.82) is 0 Å². The number of carbonyl (C=O) groups is 1. The summed E-state index contributed by atoms with van der Waals surface area (Å²) in [4.78, 5) is 19.6. The highest BCUT2D eigenvalue weighted by Gasteiger charge is 2.23. The Balaban J connectivity index is 0.00000121. The molecule has 0 atom stereocenters. The summed E-state index contributed by atoms with van der Waals surface area (Å²) in [5.41, 5.74) is 6.37. The molecule has 2 N–H and O–H groups in total. The molecular weight excluding hydrogens is 385 g/mol. The van der Waals surface area contributed by atoms with Gasteiger partial charge in [0.25, 0.3) is 5.91 Å². The highest BCUT2D eigenvalue weighted by molar-refractivity contribution is 7.23.